The Morgan fingerprint density at radius 3 is 1.27 bits per heavy atom. The van der Waals surface area contributed by atoms with Gasteiger partial charge in [0.25, 0.3) is 0 Å². The van der Waals surface area contributed by atoms with Crippen LogP contribution in [0.3, 0.4) is 0 Å². The second kappa shape index (κ2) is 19.6. The largest absolute Gasteiger partial charge is 0.350 e. The Hall–Kier alpha value is -0.120. The van der Waals surface area contributed by atoms with Crippen LogP contribution in [-0.4, -0.2) is 32.6 Å². The molecule has 1 N–H and O–H groups in total. The molecule has 182 valence electrons. The van der Waals surface area contributed by atoms with Crippen LogP contribution >= 0.6 is 0 Å². The van der Waals surface area contributed by atoms with E-state index in [1.165, 1.54) is 103 Å². The highest BCUT2D eigenvalue weighted by molar-refractivity contribution is 4.93. The Balaban J connectivity index is 4.94. The third-order valence-corrected chi connectivity index (χ3v) is 6.84. The van der Waals surface area contributed by atoms with Gasteiger partial charge in [0, 0.05) is 25.2 Å². The minimum absolute atomic E-state index is 0.0424. The summed E-state index contributed by atoms with van der Waals surface area (Å²) in [4.78, 5) is 0. The third-order valence-electron chi connectivity index (χ3n) is 6.84. The maximum absolute atomic E-state index is 6.34. The summed E-state index contributed by atoms with van der Waals surface area (Å²) in [6, 6.07) is 0. The van der Waals surface area contributed by atoms with Crippen LogP contribution in [0.1, 0.15) is 137 Å². The van der Waals surface area contributed by atoms with E-state index in [1.54, 1.807) is 0 Å². The van der Waals surface area contributed by atoms with E-state index in [-0.39, 0.29) is 5.41 Å². The third kappa shape index (κ3) is 12.1. The lowest BCUT2D eigenvalue weighted by Gasteiger charge is -2.48. The van der Waals surface area contributed by atoms with Gasteiger partial charge in [-0.3, -0.25) is 0 Å². The van der Waals surface area contributed by atoms with Gasteiger partial charge in [0.15, 0.2) is 5.79 Å². The van der Waals surface area contributed by atoms with E-state index in [2.05, 4.69) is 47.0 Å². The second-order valence-corrected chi connectivity index (χ2v) is 9.37. The fraction of sp³-hybridized carbons (Fsp3) is 1.00. The standard InChI is InChI=1S/C27H57NO2/c1-7-11-13-15-17-18-20-22-24-27(25-28-6,23-21-19-16-14-12-8-2)26(5,29-9-3)30-10-4/h28H,7-25H2,1-6H3. The molecular weight excluding hydrogens is 370 g/mol. The molecule has 0 rings (SSSR count). The predicted molar refractivity (Wildman–Crippen MR) is 133 cm³/mol. The normalized spacial score (nSPS) is 14.2. The van der Waals surface area contributed by atoms with E-state index in [1.807, 2.05) is 0 Å². The van der Waals surface area contributed by atoms with Crippen molar-refractivity contribution in [2.45, 2.75) is 143 Å². The van der Waals surface area contributed by atoms with E-state index in [0.29, 0.717) is 13.2 Å². The molecule has 1 atom stereocenters. The van der Waals surface area contributed by atoms with E-state index in [4.69, 9.17) is 9.47 Å². The molecule has 0 aromatic carbocycles. The molecule has 0 aromatic rings. The number of ether oxygens (including phenoxy) is 2. The number of hydrogen-bond donors (Lipinski definition) is 1. The predicted octanol–water partition coefficient (Wildman–Crippen LogP) is 8.26. The fourth-order valence-corrected chi connectivity index (χ4v) is 4.99. The average Bonchev–Trinajstić information content (AvgIpc) is 2.72. The molecule has 0 aliphatic heterocycles. The van der Waals surface area contributed by atoms with Crippen molar-refractivity contribution >= 4 is 0 Å². The van der Waals surface area contributed by atoms with Gasteiger partial charge in [-0.25, -0.2) is 0 Å². The smallest absolute Gasteiger partial charge is 0.172 e. The van der Waals surface area contributed by atoms with Crippen molar-refractivity contribution in [1.29, 1.82) is 0 Å². The molecule has 3 heteroatoms. The summed E-state index contributed by atoms with van der Waals surface area (Å²) in [6.07, 6.45) is 21.3. The van der Waals surface area contributed by atoms with Crippen molar-refractivity contribution in [3.63, 3.8) is 0 Å². The summed E-state index contributed by atoms with van der Waals surface area (Å²) in [5.74, 6) is -0.510. The quantitative estimate of drug-likeness (QED) is 0.131. The zero-order valence-corrected chi connectivity index (χ0v) is 21.8. The average molecular weight is 428 g/mol. The van der Waals surface area contributed by atoms with Gasteiger partial charge in [-0.2, -0.15) is 0 Å². The molecule has 3 nitrogen and oxygen atoms in total. The van der Waals surface area contributed by atoms with Crippen molar-refractivity contribution in [2.24, 2.45) is 5.41 Å². The molecule has 0 amide bonds. The molecule has 0 saturated heterocycles. The van der Waals surface area contributed by atoms with Gasteiger partial charge >= 0.3 is 0 Å². The van der Waals surface area contributed by atoms with E-state index in [9.17, 15) is 0 Å². The summed E-state index contributed by atoms with van der Waals surface area (Å²) in [6.45, 7) is 13.4. The van der Waals surface area contributed by atoms with Crippen LogP contribution in [0.25, 0.3) is 0 Å². The summed E-state index contributed by atoms with van der Waals surface area (Å²) in [5, 5.41) is 3.51. The molecule has 0 radical (unpaired) electrons. The molecule has 0 bridgehead atoms. The summed E-state index contributed by atoms with van der Waals surface area (Å²) < 4.78 is 12.7. The molecule has 0 spiro atoms. The van der Waals surface area contributed by atoms with Gasteiger partial charge in [-0.15, -0.1) is 0 Å². The molecule has 30 heavy (non-hydrogen) atoms. The first kappa shape index (κ1) is 29.9. The van der Waals surface area contributed by atoms with Crippen molar-refractivity contribution in [1.82, 2.24) is 5.32 Å². The van der Waals surface area contributed by atoms with E-state index >= 15 is 0 Å². The highest BCUT2D eigenvalue weighted by Gasteiger charge is 2.48. The number of unbranched alkanes of at least 4 members (excludes halogenated alkanes) is 12. The lowest BCUT2D eigenvalue weighted by molar-refractivity contribution is -0.289. The zero-order chi connectivity index (χ0) is 22.6. The number of rotatable bonds is 23. The SMILES string of the molecule is CCCCCCCCCCC(CCCCCCCC)(CNC)C(C)(OCC)OCC. The highest BCUT2D eigenvalue weighted by Crippen LogP contribution is 2.44. The minimum Gasteiger partial charge on any atom is -0.350 e. The van der Waals surface area contributed by atoms with Crippen molar-refractivity contribution in [2.75, 3.05) is 26.8 Å². The molecule has 0 aromatic heterocycles. The fourth-order valence-electron chi connectivity index (χ4n) is 4.99. The van der Waals surface area contributed by atoms with Gasteiger partial charge in [0.05, 0.1) is 0 Å². The van der Waals surface area contributed by atoms with Crippen LogP contribution in [0.4, 0.5) is 0 Å². The van der Waals surface area contributed by atoms with Gasteiger partial charge < -0.3 is 14.8 Å². The minimum atomic E-state index is -0.510. The number of hydrogen-bond acceptors (Lipinski definition) is 3. The molecule has 0 aliphatic carbocycles. The molecular formula is C27H57NO2. The van der Waals surface area contributed by atoms with E-state index < -0.39 is 5.79 Å². The monoisotopic (exact) mass is 427 g/mol. The van der Waals surface area contributed by atoms with Crippen molar-refractivity contribution in [3.8, 4) is 0 Å². The van der Waals surface area contributed by atoms with Crippen LogP contribution in [0.2, 0.25) is 0 Å². The first-order valence-corrected chi connectivity index (χ1v) is 13.5. The Morgan fingerprint density at radius 2 is 0.933 bits per heavy atom. The Bertz CT molecular complexity index is 355. The molecule has 0 saturated carbocycles. The topological polar surface area (TPSA) is 30.5 Å². The van der Waals surface area contributed by atoms with Crippen molar-refractivity contribution < 1.29 is 9.47 Å². The maximum Gasteiger partial charge on any atom is 0.172 e. The Morgan fingerprint density at radius 1 is 0.567 bits per heavy atom. The molecule has 0 aliphatic rings. The van der Waals surface area contributed by atoms with Gasteiger partial charge in [-0.1, -0.05) is 104 Å². The van der Waals surface area contributed by atoms with Crippen LogP contribution in [0.15, 0.2) is 0 Å². The number of nitrogens with one attached hydrogen (secondary N) is 1. The molecule has 0 fully saturated rings. The summed E-state index contributed by atoms with van der Waals surface area (Å²) in [5.41, 5.74) is 0.0424. The van der Waals surface area contributed by atoms with Gasteiger partial charge in [-0.05, 0) is 40.7 Å². The van der Waals surface area contributed by atoms with Crippen LogP contribution in [0, 0.1) is 5.41 Å². The van der Waals surface area contributed by atoms with Crippen LogP contribution in [-0.2, 0) is 9.47 Å². The maximum atomic E-state index is 6.34. The Labute approximate surface area is 190 Å². The first-order chi connectivity index (χ1) is 14.6. The molecule has 0 heterocycles. The highest BCUT2D eigenvalue weighted by atomic mass is 16.7. The van der Waals surface area contributed by atoms with E-state index in [0.717, 1.165) is 6.54 Å². The second-order valence-electron chi connectivity index (χ2n) is 9.37. The Kier molecular flexibility index (Phi) is 19.5. The van der Waals surface area contributed by atoms with Crippen molar-refractivity contribution in [3.05, 3.63) is 0 Å². The lowest BCUT2D eigenvalue weighted by Crippen LogP contribution is -2.55. The van der Waals surface area contributed by atoms with Crippen LogP contribution < -0.4 is 5.32 Å². The summed E-state index contributed by atoms with van der Waals surface area (Å²) in [7, 11) is 2.09. The summed E-state index contributed by atoms with van der Waals surface area (Å²) >= 11 is 0. The zero-order valence-electron chi connectivity index (χ0n) is 21.8. The molecule has 1 unspecified atom stereocenters. The van der Waals surface area contributed by atoms with Gasteiger partial charge in [0.2, 0.25) is 0 Å². The van der Waals surface area contributed by atoms with Gasteiger partial charge in [0.1, 0.15) is 0 Å². The van der Waals surface area contributed by atoms with Crippen LogP contribution in [0.5, 0.6) is 0 Å². The lowest BCUT2D eigenvalue weighted by atomic mass is 9.71. The first-order valence-electron chi connectivity index (χ1n) is 13.5.